The number of carbonyl (C=O) groups excluding carboxylic acids is 1. The lowest BCUT2D eigenvalue weighted by molar-refractivity contribution is 0.0996. The standard InChI is InChI=1S/C24H27ClN4OS/c25-17-9-7-14(8-10-17)20-13-18-19(28-29-22(24(26)30)23(18)31-20)12-16-6-3-11-27-21(16)15-4-1-2-5-15/h7-10,13,15-16,21,27H,1-6,11-12H2,(H2,26,30). The number of amides is 1. The van der Waals surface area contributed by atoms with Gasteiger partial charge in [0.05, 0.1) is 10.4 Å². The summed E-state index contributed by atoms with van der Waals surface area (Å²) in [4.78, 5) is 13.1. The molecule has 1 aliphatic heterocycles. The zero-order chi connectivity index (χ0) is 21.4. The van der Waals surface area contributed by atoms with Gasteiger partial charge in [0.15, 0.2) is 5.69 Å². The lowest BCUT2D eigenvalue weighted by atomic mass is 9.79. The van der Waals surface area contributed by atoms with Crippen LogP contribution in [-0.4, -0.2) is 28.7 Å². The summed E-state index contributed by atoms with van der Waals surface area (Å²) in [7, 11) is 0. The number of hydrogen-bond acceptors (Lipinski definition) is 5. The summed E-state index contributed by atoms with van der Waals surface area (Å²) < 4.78 is 0.837. The molecule has 3 N–H and O–H groups in total. The smallest absolute Gasteiger partial charge is 0.270 e. The Morgan fingerprint density at radius 3 is 2.65 bits per heavy atom. The molecule has 5 nitrogen and oxygen atoms in total. The fourth-order valence-electron chi connectivity index (χ4n) is 5.38. The first kappa shape index (κ1) is 20.9. The predicted molar refractivity (Wildman–Crippen MR) is 127 cm³/mol. The van der Waals surface area contributed by atoms with E-state index in [1.807, 2.05) is 24.3 Å². The minimum Gasteiger partial charge on any atom is -0.364 e. The van der Waals surface area contributed by atoms with E-state index in [1.165, 1.54) is 38.5 Å². The Bertz CT molecular complexity index is 1090. The van der Waals surface area contributed by atoms with Crippen LogP contribution in [0.2, 0.25) is 5.02 Å². The molecule has 1 aromatic carbocycles. The molecule has 1 aliphatic carbocycles. The summed E-state index contributed by atoms with van der Waals surface area (Å²) in [6.07, 6.45) is 8.65. The van der Waals surface area contributed by atoms with Crippen LogP contribution in [0.25, 0.3) is 20.5 Å². The van der Waals surface area contributed by atoms with Crippen molar-refractivity contribution in [3.8, 4) is 10.4 Å². The van der Waals surface area contributed by atoms with Crippen LogP contribution >= 0.6 is 22.9 Å². The fourth-order valence-corrected chi connectivity index (χ4v) is 6.69. The average Bonchev–Trinajstić information content (AvgIpc) is 3.45. The third kappa shape index (κ3) is 4.21. The molecule has 1 saturated carbocycles. The van der Waals surface area contributed by atoms with Crippen LogP contribution in [0.5, 0.6) is 0 Å². The molecule has 0 bridgehead atoms. The highest BCUT2D eigenvalue weighted by molar-refractivity contribution is 7.22. The van der Waals surface area contributed by atoms with E-state index >= 15 is 0 Å². The first-order valence-corrected chi connectivity index (χ1v) is 12.4. The molecular formula is C24H27ClN4OS. The van der Waals surface area contributed by atoms with E-state index in [2.05, 4.69) is 21.6 Å². The highest BCUT2D eigenvalue weighted by Gasteiger charge is 2.34. The van der Waals surface area contributed by atoms with Crippen LogP contribution in [0.4, 0.5) is 0 Å². The highest BCUT2D eigenvalue weighted by atomic mass is 35.5. The largest absolute Gasteiger partial charge is 0.364 e. The van der Waals surface area contributed by atoms with Crippen LogP contribution in [0.3, 0.4) is 0 Å². The second-order valence-electron chi connectivity index (χ2n) is 8.85. The van der Waals surface area contributed by atoms with Crippen molar-refractivity contribution in [2.75, 3.05) is 6.54 Å². The Balaban J connectivity index is 1.52. The summed E-state index contributed by atoms with van der Waals surface area (Å²) >= 11 is 7.61. The first-order valence-electron chi connectivity index (χ1n) is 11.2. The van der Waals surface area contributed by atoms with Crippen molar-refractivity contribution in [1.29, 1.82) is 0 Å². The van der Waals surface area contributed by atoms with Gasteiger partial charge in [0, 0.05) is 21.3 Å². The summed E-state index contributed by atoms with van der Waals surface area (Å²) in [5, 5.41) is 14.3. The Kier molecular flexibility index (Phi) is 5.95. The number of nitrogens with two attached hydrogens (primary N) is 1. The number of piperidine rings is 1. The molecule has 3 heterocycles. The maximum absolute atomic E-state index is 12.0. The number of nitrogens with zero attached hydrogens (tertiary/aromatic N) is 2. The molecule has 2 aliphatic rings. The van der Waals surface area contributed by atoms with E-state index in [-0.39, 0.29) is 5.69 Å². The highest BCUT2D eigenvalue weighted by Crippen LogP contribution is 2.39. The molecule has 0 radical (unpaired) electrons. The second-order valence-corrected chi connectivity index (χ2v) is 10.3. The summed E-state index contributed by atoms with van der Waals surface area (Å²) in [6.45, 7) is 1.11. The molecule has 1 amide bonds. The molecule has 2 fully saturated rings. The lowest BCUT2D eigenvalue weighted by Crippen LogP contribution is -2.46. The van der Waals surface area contributed by atoms with Gasteiger partial charge in [-0.05, 0) is 74.2 Å². The number of nitrogens with one attached hydrogen (secondary N) is 1. The van der Waals surface area contributed by atoms with Crippen LogP contribution in [0, 0.1) is 11.8 Å². The Morgan fingerprint density at radius 1 is 1.13 bits per heavy atom. The topological polar surface area (TPSA) is 80.9 Å². The van der Waals surface area contributed by atoms with Gasteiger partial charge in [-0.25, -0.2) is 0 Å². The molecule has 7 heteroatoms. The molecular weight excluding hydrogens is 428 g/mol. The third-order valence-corrected chi connectivity index (χ3v) is 8.34. The van der Waals surface area contributed by atoms with Gasteiger partial charge in [-0.1, -0.05) is 36.6 Å². The number of hydrogen-bond donors (Lipinski definition) is 2. The SMILES string of the molecule is NC(=O)c1nnc(CC2CCCNC2C2CCCC2)c2cc(-c3ccc(Cl)cc3)sc12. The van der Waals surface area contributed by atoms with Gasteiger partial charge >= 0.3 is 0 Å². The van der Waals surface area contributed by atoms with Crippen molar-refractivity contribution in [3.05, 3.63) is 46.7 Å². The van der Waals surface area contributed by atoms with E-state index in [1.54, 1.807) is 11.3 Å². The summed E-state index contributed by atoms with van der Waals surface area (Å²) in [6, 6.07) is 10.5. The zero-order valence-corrected chi connectivity index (χ0v) is 19.0. The van der Waals surface area contributed by atoms with Gasteiger partial charge < -0.3 is 11.1 Å². The number of carbonyl (C=O) groups is 1. The van der Waals surface area contributed by atoms with Crippen LogP contribution in [0.1, 0.15) is 54.7 Å². The second kappa shape index (κ2) is 8.85. The summed E-state index contributed by atoms with van der Waals surface area (Å²) in [5.41, 5.74) is 7.93. The molecule has 3 aromatic rings. The molecule has 162 valence electrons. The zero-order valence-electron chi connectivity index (χ0n) is 17.4. The van der Waals surface area contributed by atoms with E-state index in [0.717, 1.165) is 45.1 Å². The van der Waals surface area contributed by atoms with Crippen LogP contribution < -0.4 is 11.1 Å². The quantitative estimate of drug-likeness (QED) is 0.554. The minimum atomic E-state index is -0.531. The predicted octanol–water partition coefficient (Wildman–Crippen LogP) is 5.21. The summed E-state index contributed by atoms with van der Waals surface area (Å²) in [5.74, 6) is 0.787. The molecule has 2 unspecified atom stereocenters. The van der Waals surface area contributed by atoms with E-state index in [4.69, 9.17) is 17.3 Å². The number of primary amides is 1. The van der Waals surface area contributed by atoms with Crippen molar-refractivity contribution < 1.29 is 4.79 Å². The molecule has 1 saturated heterocycles. The number of thiophene rings is 1. The van der Waals surface area contributed by atoms with Crippen LogP contribution in [-0.2, 0) is 6.42 Å². The Morgan fingerprint density at radius 2 is 1.90 bits per heavy atom. The van der Waals surface area contributed by atoms with E-state index in [0.29, 0.717) is 17.0 Å². The number of benzene rings is 1. The average molecular weight is 455 g/mol. The molecule has 5 rings (SSSR count). The van der Waals surface area contributed by atoms with Gasteiger partial charge in [-0.2, -0.15) is 5.10 Å². The maximum Gasteiger partial charge on any atom is 0.270 e. The Hall–Kier alpha value is -2.02. The molecule has 0 spiro atoms. The minimum absolute atomic E-state index is 0.262. The third-order valence-electron chi connectivity index (χ3n) is 6.89. The molecule has 31 heavy (non-hydrogen) atoms. The van der Waals surface area contributed by atoms with Crippen molar-refractivity contribution in [1.82, 2.24) is 15.5 Å². The Labute approximate surface area is 191 Å². The van der Waals surface area contributed by atoms with Crippen molar-refractivity contribution in [2.24, 2.45) is 17.6 Å². The van der Waals surface area contributed by atoms with Crippen molar-refractivity contribution >= 4 is 38.9 Å². The van der Waals surface area contributed by atoms with Gasteiger partial charge in [-0.15, -0.1) is 16.4 Å². The number of fused-ring (bicyclic) bond motifs is 1. The van der Waals surface area contributed by atoms with Crippen molar-refractivity contribution in [3.63, 3.8) is 0 Å². The lowest BCUT2D eigenvalue weighted by Gasteiger charge is -2.36. The van der Waals surface area contributed by atoms with E-state index < -0.39 is 5.91 Å². The van der Waals surface area contributed by atoms with Gasteiger partial charge in [-0.3, -0.25) is 4.79 Å². The normalized spacial score (nSPS) is 22.2. The van der Waals surface area contributed by atoms with Crippen LogP contribution in [0.15, 0.2) is 30.3 Å². The van der Waals surface area contributed by atoms with E-state index in [9.17, 15) is 4.79 Å². The fraction of sp³-hybridized carbons (Fsp3) is 0.458. The first-order chi connectivity index (χ1) is 15.1. The maximum atomic E-state index is 12.0. The van der Waals surface area contributed by atoms with Gasteiger partial charge in [0.25, 0.3) is 5.91 Å². The number of halogens is 1. The number of aromatic nitrogens is 2. The van der Waals surface area contributed by atoms with Gasteiger partial charge in [0.2, 0.25) is 0 Å². The molecule has 2 aromatic heterocycles. The monoisotopic (exact) mass is 454 g/mol. The molecule has 2 atom stereocenters. The number of rotatable bonds is 5. The van der Waals surface area contributed by atoms with Gasteiger partial charge in [0.1, 0.15) is 0 Å². The van der Waals surface area contributed by atoms with Crippen molar-refractivity contribution in [2.45, 2.75) is 51.0 Å².